The molecule has 0 fully saturated rings. The average molecular weight is 339 g/mol. The second-order valence-corrected chi connectivity index (χ2v) is 4.96. The van der Waals surface area contributed by atoms with Crippen LogP contribution in [0.4, 0.5) is 4.79 Å². The highest BCUT2D eigenvalue weighted by Crippen LogP contribution is 2.20. The fourth-order valence-electron chi connectivity index (χ4n) is 2.01. The highest BCUT2D eigenvalue weighted by Gasteiger charge is 2.26. The summed E-state index contributed by atoms with van der Waals surface area (Å²) < 4.78 is 9.96. The van der Waals surface area contributed by atoms with E-state index >= 15 is 0 Å². The van der Waals surface area contributed by atoms with Gasteiger partial charge in [0.2, 0.25) is 0 Å². The van der Waals surface area contributed by atoms with Crippen LogP contribution in [0.5, 0.6) is 0 Å². The Bertz CT molecular complexity index is 664. The van der Waals surface area contributed by atoms with E-state index in [1.807, 2.05) is 5.32 Å². The van der Waals surface area contributed by atoms with Crippen LogP contribution in [0.1, 0.15) is 46.0 Å². The first-order chi connectivity index (χ1) is 11.2. The predicted molar refractivity (Wildman–Crippen MR) is 83.7 cm³/mol. The van der Waals surface area contributed by atoms with Gasteiger partial charge < -0.3 is 19.8 Å². The summed E-state index contributed by atoms with van der Waals surface area (Å²) in [5, 5.41) is 4.21. The van der Waals surface area contributed by atoms with Crippen molar-refractivity contribution in [3.63, 3.8) is 0 Å². The number of aromatic amines is 1. The summed E-state index contributed by atoms with van der Waals surface area (Å²) in [5.74, 6) is -2.13. The first-order valence-corrected chi connectivity index (χ1v) is 7.32. The second-order valence-electron chi connectivity index (χ2n) is 4.96. The normalized spacial score (nSPS) is 11.4. The molecule has 3 N–H and O–H groups in total. The Morgan fingerprint density at radius 3 is 2.33 bits per heavy atom. The van der Waals surface area contributed by atoms with Gasteiger partial charge in [-0.15, -0.1) is 0 Å². The van der Waals surface area contributed by atoms with E-state index in [4.69, 9.17) is 9.47 Å². The van der Waals surface area contributed by atoms with Crippen LogP contribution < -0.4 is 10.6 Å². The molecule has 3 amide bonds. The standard InChI is InChI=1S/C15H21N3O6/c1-6-23-13(20)10-7(2)11(17-8(10)3)14(21)24-9(4)12(19)18-15(22)16-5/h9,17H,6H2,1-5H3,(H2,16,18,19,22). The number of urea groups is 1. The van der Waals surface area contributed by atoms with Crippen LogP contribution in [-0.2, 0) is 14.3 Å². The molecule has 0 radical (unpaired) electrons. The van der Waals surface area contributed by atoms with Gasteiger partial charge in [-0.25, -0.2) is 14.4 Å². The lowest BCUT2D eigenvalue weighted by molar-refractivity contribution is -0.127. The summed E-state index contributed by atoms with van der Waals surface area (Å²) in [7, 11) is 1.35. The minimum Gasteiger partial charge on any atom is -0.462 e. The zero-order valence-corrected chi connectivity index (χ0v) is 14.2. The number of carbonyl (C=O) groups excluding carboxylic acids is 4. The number of imide groups is 1. The van der Waals surface area contributed by atoms with Crippen molar-refractivity contribution in [2.75, 3.05) is 13.7 Å². The first kappa shape index (κ1) is 19.2. The molecule has 132 valence electrons. The number of aryl methyl sites for hydroxylation is 1. The Balaban J connectivity index is 2.89. The third kappa shape index (κ3) is 4.34. The molecule has 1 unspecified atom stereocenters. The lowest BCUT2D eigenvalue weighted by Crippen LogP contribution is -2.43. The van der Waals surface area contributed by atoms with E-state index in [0.717, 1.165) is 0 Å². The number of amides is 3. The molecule has 0 saturated carbocycles. The molecule has 1 aromatic heterocycles. The minimum atomic E-state index is -1.19. The number of nitrogens with one attached hydrogen (secondary N) is 3. The van der Waals surface area contributed by atoms with Gasteiger partial charge in [0.1, 0.15) is 5.69 Å². The predicted octanol–water partition coefficient (Wildman–Crippen LogP) is 0.809. The van der Waals surface area contributed by atoms with Crippen molar-refractivity contribution in [2.24, 2.45) is 0 Å². The number of aromatic nitrogens is 1. The fraction of sp³-hybridized carbons (Fsp3) is 0.467. The Morgan fingerprint density at radius 1 is 1.17 bits per heavy atom. The number of hydrogen-bond acceptors (Lipinski definition) is 6. The number of esters is 2. The van der Waals surface area contributed by atoms with E-state index in [9.17, 15) is 19.2 Å². The molecule has 1 heterocycles. The number of H-pyrrole nitrogens is 1. The Kier molecular flexibility index (Phi) is 6.51. The van der Waals surface area contributed by atoms with Crippen LogP contribution in [0, 0.1) is 13.8 Å². The van der Waals surface area contributed by atoms with Crippen LogP contribution in [0.3, 0.4) is 0 Å². The maximum Gasteiger partial charge on any atom is 0.355 e. The van der Waals surface area contributed by atoms with E-state index in [-0.39, 0.29) is 17.9 Å². The summed E-state index contributed by atoms with van der Waals surface area (Å²) in [4.78, 5) is 49.6. The van der Waals surface area contributed by atoms with E-state index in [1.54, 1.807) is 20.8 Å². The van der Waals surface area contributed by atoms with Crippen molar-refractivity contribution in [3.8, 4) is 0 Å². The maximum absolute atomic E-state index is 12.2. The Hall–Kier alpha value is -2.84. The Labute approximate surface area is 139 Å². The lowest BCUT2D eigenvalue weighted by atomic mass is 10.1. The quantitative estimate of drug-likeness (QED) is 0.681. The van der Waals surface area contributed by atoms with Gasteiger partial charge in [-0.2, -0.15) is 0 Å². The molecule has 24 heavy (non-hydrogen) atoms. The molecular weight excluding hydrogens is 318 g/mol. The van der Waals surface area contributed by atoms with Crippen molar-refractivity contribution in [2.45, 2.75) is 33.8 Å². The van der Waals surface area contributed by atoms with E-state index in [0.29, 0.717) is 11.3 Å². The van der Waals surface area contributed by atoms with Gasteiger partial charge in [0, 0.05) is 12.7 Å². The van der Waals surface area contributed by atoms with Gasteiger partial charge in [0.25, 0.3) is 5.91 Å². The molecule has 0 aliphatic carbocycles. The SMILES string of the molecule is CCOC(=O)c1c(C)[nH]c(C(=O)OC(C)C(=O)NC(=O)NC)c1C. The molecule has 1 atom stereocenters. The van der Waals surface area contributed by atoms with Crippen LogP contribution in [0.15, 0.2) is 0 Å². The molecule has 1 aromatic rings. The fourth-order valence-corrected chi connectivity index (χ4v) is 2.01. The van der Waals surface area contributed by atoms with Crippen LogP contribution in [-0.4, -0.2) is 48.6 Å². The second kappa shape index (κ2) is 8.14. The molecule has 0 aliphatic rings. The third-order valence-corrected chi connectivity index (χ3v) is 3.24. The number of ether oxygens (including phenoxy) is 2. The van der Waals surface area contributed by atoms with E-state index in [1.165, 1.54) is 14.0 Å². The summed E-state index contributed by atoms with van der Waals surface area (Å²) in [6, 6.07) is -0.709. The van der Waals surface area contributed by atoms with Crippen molar-refractivity contribution in [1.82, 2.24) is 15.6 Å². The summed E-state index contributed by atoms with van der Waals surface area (Å²) in [5.41, 5.74) is 1.14. The average Bonchev–Trinajstić information content (AvgIpc) is 2.82. The topological polar surface area (TPSA) is 127 Å². The smallest absolute Gasteiger partial charge is 0.355 e. The zero-order valence-electron chi connectivity index (χ0n) is 14.2. The highest BCUT2D eigenvalue weighted by molar-refractivity contribution is 6.00. The van der Waals surface area contributed by atoms with Crippen molar-refractivity contribution >= 4 is 23.9 Å². The van der Waals surface area contributed by atoms with Gasteiger partial charge in [0.05, 0.1) is 12.2 Å². The molecule has 0 saturated heterocycles. The van der Waals surface area contributed by atoms with Gasteiger partial charge in [-0.05, 0) is 33.3 Å². The van der Waals surface area contributed by atoms with Crippen molar-refractivity contribution in [1.29, 1.82) is 0 Å². The summed E-state index contributed by atoms with van der Waals surface area (Å²) >= 11 is 0. The van der Waals surface area contributed by atoms with Crippen LogP contribution in [0.2, 0.25) is 0 Å². The lowest BCUT2D eigenvalue weighted by Gasteiger charge is -2.12. The van der Waals surface area contributed by atoms with E-state index in [2.05, 4.69) is 10.3 Å². The van der Waals surface area contributed by atoms with Crippen molar-refractivity contribution in [3.05, 3.63) is 22.5 Å². The molecule has 0 bridgehead atoms. The molecule has 0 aromatic carbocycles. The number of carbonyl (C=O) groups is 4. The summed E-state index contributed by atoms with van der Waals surface area (Å²) in [6.07, 6.45) is -1.19. The first-order valence-electron chi connectivity index (χ1n) is 7.32. The van der Waals surface area contributed by atoms with E-state index < -0.39 is 30.0 Å². The molecule has 0 aliphatic heterocycles. The monoisotopic (exact) mass is 339 g/mol. The molecule has 1 rings (SSSR count). The number of rotatable bonds is 5. The molecule has 9 nitrogen and oxygen atoms in total. The third-order valence-electron chi connectivity index (χ3n) is 3.24. The van der Waals surface area contributed by atoms with Crippen molar-refractivity contribution < 1.29 is 28.7 Å². The molecule has 9 heteroatoms. The van der Waals surface area contributed by atoms with Gasteiger partial charge in [-0.1, -0.05) is 0 Å². The molecule has 0 spiro atoms. The number of hydrogen-bond donors (Lipinski definition) is 3. The largest absolute Gasteiger partial charge is 0.462 e. The van der Waals surface area contributed by atoms with Crippen LogP contribution in [0.25, 0.3) is 0 Å². The van der Waals surface area contributed by atoms with Gasteiger partial charge in [0.15, 0.2) is 6.10 Å². The zero-order chi connectivity index (χ0) is 18.4. The summed E-state index contributed by atoms with van der Waals surface area (Å²) in [6.45, 7) is 6.41. The highest BCUT2D eigenvalue weighted by atomic mass is 16.5. The van der Waals surface area contributed by atoms with Crippen LogP contribution >= 0.6 is 0 Å². The Morgan fingerprint density at radius 2 is 1.79 bits per heavy atom. The van der Waals surface area contributed by atoms with Gasteiger partial charge in [-0.3, -0.25) is 10.1 Å². The maximum atomic E-state index is 12.2. The molecular formula is C15H21N3O6. The minimum absolute atomic E-state index is 0.0511. The van der Waals surface area contributed by atoms with Gasteiger partial charge >= 0.3 is 18.0 Å².